The molecule has 1 unspecified atom stereocenters. The van der Waals surface area contributed by atoms with E-state index in [4.69, 9.17) is 0 Å². The van der Waals surface area contributed by atoms with Crippen molar-refractivity contribution in [1.29, 1.82) is 0 Å². The van der Waals surface area contributed by atoms with E-state index in [0.29, 0.717) is 25.9 Å². The number of nitrogens with one attached hydrogen (secondary N) is 1. The van der Waals surface area contributed by atoms with Crippen molar-refractivity contribution in [2.24, 2.45) is 0 Å². The van der Waals surface area contributed by atoms with Gasteiger partial charge in [0.1, 0.15) is 0 Å². The summed E-state index contributed by atoms with van der Waals surface area (Å²) in [4.78, 5) is 30.2. The molecule has 114 valence electrons. The predicted octanol–water partition coefficient (Wildman–Crippen LogP) is 1.51. The second-order valence-corrected chi connectivity index (χ2v) is 5.70. The normalized spacial score (nSPS) is 18.9. The van der Waals surface area contributed by atoms with E-state index in [2.05, 4.69) is 10.3 Å². The van der Waals surface area contributed by atoms with Crippen LogP contribution in [0.3, 0.4) is 0 Å². The number of benzene rings is 1. The van der Waals surface area contributed by atoms with Gasteiger partial charge in [-0.3, -0.25) is 14.6 Å². The summed E-state index contributed by atoms with van der Waals surface area (Å²) in [5, 5.41) is 3.84. The van der Waals surface area contributed by atoms with E-state index >= 15 is 0 Å². The van der Waals surface area contributed by atoms with Crippen molar-refractivity contribution in [1.82, 2.24) is 15.2 Å². The first kappa shape index (κ1) is 14.5. The largest absolute Gasteiger partial charge is 0.354 e. The van der Waals surface area contributed by atoms with E-state index in [1.165, 1.54) is 0 Å². The lowest BCUT2D eigenvalue weighted by molar-refractivity contribution is -0.132. The molecule has 0 bridgehead atoms. The lowest BCUT2D eigenvalue weighted by Crippen LogP contribution is -2.40. The van der Waals surface area contributed by atoms with Crippen LogP contribution in [0, 0.1) is 0 Å². The van der Waals surface area contributed by atoms with Crippen molar-refractivity contribution in [3.05, 3.63) is 42.1 Å². The van der Waals surface area contributed by atoms with E-state index in [-0.39, 0.29) is 17.9 Å². The second kappa shape index (κ2) is 6.13. The molecule has 1 aromatic heterocycles. The highest BCUT2D eigenvalue weighted by Crippen LogP contribution is 2.15. The quantitative estimate of drug-likeness (QED) is 0.914. The maximum absolute atomic E-state index is 12.5. The highest BCUT2D eigenvalue weighted by molar-refractivity contribution is 5.84. The molecule has 1 aliphatic heterocycles. The zero-order valence-corrected chi connectivity index (χ0v) is 12.6. The molecule has 1 aliphatic rings. The molecule has 1 atom stereocenters. The van der Waals surface area contributed by atoms with Crippen LogP contribution in [0.15, 0.2) is 36.5 Å². The predicted molar refractivity (Wildman–Crippen MR) is 84.2 cm³/mol. The molecule has 1 aromatic carbocycles. The number of para-hydroxylation sites is 1. The Morgan fingerprint density at radius 3 is 3.09 bits per heavy atom. The van der Waals surface area contributed by atoms with Gasteiger partial charge in [0.2, 0.25) is 11.8 Å². The zero-order chi connectivity index (χ0) is 15.5. The highest BCUT2D eigenvalue weighted by Gasteiger charge is 2.25. The number of carbonyl (C=O) groups excluding carboxylic acids is 2. The molecule has 5 heteroatoms. The van der Waals surface area contributed by atoms with Crippen molar-refractivity contribution in [3.63, 3.8) is 0 Å². The van der Waals surface area contributed by atoms with Crippen molar-refractivity contribution >= 4 is 22.7 Å². The molecule has 2 amide bonds. The molecule has 0 spiro atoms. The average Bonchev–Trinajstić information content (AvgIpc) is 2.67. The fraction of sp³-hybridized carbons (Fsp3) is 0.353. The number of amides is 2. The molecule has 1 saturated heterocycles. The van der Waals surface area contributed by atoms with Gasteiger partial charge in [0.25, 0.3) is 0 Å². The first-order valence-corrected chi connectivity index (χ1v) is 7.53. The lowest BCUT2D eigenvalue weighted by Gasteiger charge is -2.26. The van der Waals surface area contributed by atoms with Crippen LogP contribution in [-0.4, -0.2) is 40.8 Å². The molecular weight excluding hydrogens is 278 g/mol. The number of hydrogen-bond donors (Lipinski definition) is 1. The average molecular weight is 297 g/mol. The summed E-state index contributed by atoms with van der Waals surface area (Å²) in [6.07, 6.45) is 2.43. The fourth-order valence-corrected chi connectivity index (χ4v) is 2.85. The molecule has 2 aromatic rings. The van der Waals surface area contributed by atoms with Gasteiger partial charge in [-0.25, -0.2) is 0 Å². The SMILES string of the molecule is CC1CC(=O)NCCN1C(=O)Cc1cnc2ccccc2c1. The number of fused-ring (bicyclic) bond motifs is 1. The van der Waals surface area contributed by atoms with Crippen LogP contribution in [0.4, 0.5) is 0 Å². The molecule has 5 nitrogen and oxygen atoms in total. The monoisotopic (exact) mass is 297 g/mol. The minimum atomic E-state index is -0.0663. The van der Waals surface area contributed by atoms with Gasteiger partial charge < -0.3 is 10.2 Å². The minimum Gasteiger partial charge on any atom is -0.354 e. The number of carbonyl (C=O) groups is 2. The van der Waals surface area contributed by atoms with E-state index in [1.807, 2.05) is 37.3 Å². The summed E-state index contributed by atoms with van der Waals surface area (Å²) in [6.45, 7) is 3.00. The molecular formula is C17H19N3O2. The maximum atomic E-state index is 12.5. The van der Waals surface area contributed by atoms with E-state index < -0.39 is 0 Å². The van der Waals surface area contributed by atoms with Crippen LogP contribution in [0.1, 0.15) is 18.9 Å². The lowest BCUT2D eigenvalue weighted by atomic mass is 10.1. The summed E-state index contributed by atoms with van der Waals surface area (Å²) < 4.78 is 0. The second-order valence-electron chi connectivity index (χ2n) is 5.70. The summed E-state index contributed by atoms with van der Waals surface area (Å²) in [7, 11) is 0. The van der Waals surface area contributed by atoms with E-state index in [0.717, 1.165) is 16.5 Å². The Morgan fingerprint density at radius 2 is 2.23 bits per heavy atom. The van der Waals surface area contributed by atoms with Crippen molar-refractivity contribution < 1.29 is 9.59 Å². The van der Waals surface area contributed by atoms with Crippen LogP contribution in [0.2, 0.25) is 0 Å². The minimum absolute atomic E-state index is 0.00942. The number of aromatic nitrogens is 1. The van der Waals surface area contributed by atoms with Crippen molar-refractivity contribution in [3.8, 4) is 0 Å². The Hall–Kier alpha value is -2.43. The third-order valence-electron chi connectivity index (χ3n) is 4.01. The van der Waals surface area contributed by atoms with Crippen LogP contribution in [-0.2, 0) is 16.0 Å². The topological polar surface area (TPSA) is 62.3 Å². The molecule has 0 saturated carbocycles. The van der Waals surface area contributed by atoms with Crippen molar-refractivity contribution in [2.45, 2.75) is 25.8 Å². The van der Waals surface area contributed by atoms with Crippen LogP contribution < -0.4 is 5.32 Å². The standard InChI is InChI=1S/C17H19N3O2/c1-12-8-16(21)18-6-7-20(12)17(22)10-13-9-14-4-2-3-5-15(14)19-11-13/h2-5,9,11-12H,6-8,10H2,1H3,(H,18,21). The highest BCUT2D eigenvalue weighted by atomic mass is 16.2. The van der Waals surface area contributed by atoms with Gasteiger partial charge in [0, 0.05) is 37.1 Å². The summed E-state index contributed by atoms with van der Waals surface area (Å²) in [5.74, 6) is 0.0521. The molecule has 22 heavy (non-hydrogen) atoms. The molecule has 1 N–H and O–H groups in total. The Bertz CT molecular complexity index is 714. The summed E-state index contributed by atoms with van der Waals surface area (Å²) >= 11 is 0. The van der Waals surface area contributed by atoms with E-state index in [1.54, 1.807) is 11.1 Å². The summed E-state index contributed by atoms with van der Waals surface area (Å²) in [5.41, 5.74) is 1.83. The van der Waals surface area contributed by atoms with Gasteiger partial charge in [-0.05, 0) is 24.6 Å². The van der Waals surface area contributed by atoms with Crippen LogP contribution in [0.25, 0.3) is 10.9 Å². The third-order valence-corrected chi connectivity index (χ3v) is 4.01. The number of nitrogens with zero attached hydrogens (tertiary/aromatic N) is 2. The zero-order valence-electron chi connectivity index (χ0n) is 12.6. The molecule has 1 fully saturated rings. The van der Waals surface area contributed by atoms with E-state index in [9.17, 15) is 9.59 Å². The van der Waals surface area contributed by atoms with Crippen LogP contribution in [0.5, 0.6) is 0 Å². The third kappa shape index (κ3) is 3.08. The first-order valence-electron chi connectivity index (χ1n) is 7.53. The Balaban J connectivity index is 1.75. The number of pyridine rings is 1. The summed E-state index contributed by atoms with van der Waals surface area (Å²) in [6, 6.07) is 9.80. The van der Waals surface area contributed by atoms with Crippen LogP contribution >= 0.6 is 0 Å². The number of hydrogen-bond acceptors (Lipinski definition) is 3. The molecule has 0 aliphatic carbocycles. The maximum Gasteiger partial charge on any atom is 0.227 e. The van der Waals surface area contributed by atoms with Gasteiger partial charge in [0.05, 0.1) is 11.9 Å². The van der Waals surface area contributed by atoms with Gasteiger partial charge in [-0.15, -0.1) is 0 Å². The van der Waals surface area contributed by atoms with Gasteiger partial charge >= 0.3 is 0 Å². The van der Waals surface area contributed by atoms with Crippen molar-refractivity contribution in [2.75, 3.05) is 13.1 Å². The first-order chi connectivity index (χ1) is 10.6. The Morgan fingerprint density at radius 1 is 1.41 bits per heavy atom. The van der Waals surface area contributed by atoms with Gasteiger partial charge in [0.15, 0.2) is 0 Å². The Kier molecular flexibility index (Phi) is 4.04. The Labute approximate surface area is 129 Å². The fourth-order valence-electron chi connectivity index (χ4n) is 2.85. The molecule has 0 radical (unpaired) electrons. The smallest absolute Gasteiger partial charge is 0.227 e. The van der Waals surface area contributed by atoms with Gasteiger partial charge in [-0.1, -0.05) is 18.2 Å². The molecule has 2 heterocycles. The number of rotatable bonds is 2. The van der Waals surface area contributed by atoms with Gasteiger partial charge in [-0.2, -0.15) is 0 Å². The molecule has 3 rings (SSSR count).